The monoisotopic (exact) mass is 259 g/mol. The predicted octanol–water partition coefficient (Wildman–Crippen LogP) is 1.33. The number of nitrogens with one attached hydrogen (secondary N) is 1. The number of aromatic amines is 1. The maximum Gasteiger partial charge on any atom is 0.270 e. The van der Waals surface area contributed by atoms with Gasteiger partial charge in [-0.3, -0.25) is 9.59 Å². The second-order valence-electron chi connectivity index (χ2n) is 4.72. The van der Waals surface area contributed by atoms with Gasteiger partial charge in [0.05, 0.1) is 6.54 Å². The summed E-state index contributed by atoms with van der Waals surface area (Å²) in [5.41, 5.74) is 1.41. The molecule has 19 heavy (non-hydrogen) atoms. The van der Waals surface area contributed by atoms with Crippen LogP contribution in [-0.4, -0.2) is 54.3 Å². The van der Waals surface area contributed by atoms with Gasteiger partial charge >= 0.3 is 0 Å². The molecule has 1 aromatic carbocycles. The van der Waals surface area contributed by atoms with E-state index < -0.39 is 0 Å². The van der Waals surface area contributed by atoms with Crippen LogP contribution >= 0.6 is 0 Å². The van der Waals surface area contributed by atoms with E-state index in [0.717, 1.165) is 10.9 Å². The number of aromatic nitrogens is 1. The summed E-state index contributed by atoms with van der Waals surface area (Å²) < 4.78 is 0. The van der Waals surface area contributed by atoms with Crippen molar-refractivity contribution in [3.8, 4) is 0 Å². The van der Waals surface area contributed by atoms with Gasteiger partial charge in [-0.25, -0.2) is 0 Å². The zero-order valence-electron chi connectivity index (χ0n) is 11.3. The summed E-state index contributed by atoms with van der Waals surface area (Å²) in [6.45, 7) is 0.0706. The minimum absolute atomic E-state index is 0.0706. The van der Waals surface area contributed by atoms with Crippen molar-refractivity contribution in [2.75, 3.05) is 27.7 Å². The number of carbonyl (C=O) groups excluding carboxylic acids is 2. The van der Waals surface area contributed by atoms with E-state index in [1.165, 1.54) is 9.80 Å². The Morgan fingerprint density at radius 2 is 1.84 bits per heavy atom. The standard InChI is InChI=1S/C14H17N3O2/c1-16(2)13(18)9-17(3)14(19)12-8-10-6-4-5-7-11(10)15-12/h4-8,15H,9H2,1-3H3. The molecule has 0 aliphatic rings. The Morgan fingerprint density at radius 1 is 1.16 bits per heavy atom. The lowest BCUT2D eigenvalue weighted by atomic mass is 10.2. The van der Waals surface area contributed by atoms with Crippen LogP contribution in [-0.2, 0) is 4.79 Å². The lowest BCUT2D eigenvalue weighted by Crippen LogP contribution is -2.37. The molecule has 1 heterocycles. The number of likely N-dealkylation sites (N-methyl/N-ethyl adjacent to an activating group) is 2. The molecule has 5 heteroatoms. The van der Waals surface area contributed by atoms with E-state index in [2.05, 4.69) is 4.98 Å². The maximum atomic E-state index is 12.2. The molecule has 2 rings (SSSR count). The Bertz CT molecular complexity index is 583. The molecule has 0 bridgehead atoms. The Labute approximate surface area is 111 Å². The number of carbonyl (C=O) groups is 2. The van der Waals surface area contributed by atoms with Crippen LogP contribution in [0.2, 0.25) is 0 Å². The Morgan fingerprint density at radius 3 is 2.47 bits per heavy atom. The van der Waals surface area contributed by atoms with Crippen molar-refractivity contribution in [3.63, 3.8) is 0 Å². The van der Waals surface area contributed by atoms with Gasteiger partial charge in [0.15, 0.2) is 0 Å². The summed E-state index contributed by atoms with van der Waals surface area (Å²) in [5.74, 6) is -0.293. The van der Waals surface area contributed by atoms with Gasteiger partial charge in [-0.15, -0.1) is 0 Å². The SMILES string of the molecule is CN(C)C(=O)CN(C)C(=O)c1cc2ccccc2[nH]1. The minimum Gasteiger partial charge on any atom is -0.351 e. The summed E-state index contributed by atoms with van der Waals surface area (Å²) >= 11 is 0. The van der Waals surface area contributed by atoms with Gasteiger partial charge in [-0.1, -0.05) is 18.2 Å². The van der Waals surface area contributed by atoms with Crippen molar-refractivity contribution in [1.82, 2.24) is 14.8 Å². The van der Waals surface area contributed by atoms with E-state index in [0.29, 0.717) is 5.69 Å². The normalized spacial score (nSPS) is 10.5. The highest BCUT2D eigenvalue weighted by Gasteiger charge is 2.17. The van der Waals surface area contributed by atoms with Crippen LogP contribution in [0.15, 0.2) is 30.3 Å². The quantitative estimate of drug-likeness (QED) is 0.904. The van der Waals surface area contributed by atoms with Gasteiger partial charge in [0.25, 0.3) is 5.91 Å². The Kier molecular flexibility index (Phi) is 3.55. The fourth-order valence-corrected chi connectivity index (χ4v) is 1.81. The van der Waals surface area contributed by atoms with Crippen LogP contribution < -0.4 is 0 Å². The maximum absolute atomic E-state index is 12.2. The van der Waals surface area contributed by atoms with Crippen molar-refractivity contribution in [2.45, 2.75) is 0 Å². The zero-order chi connectivity index (χ0) is 14.0. The summed E-state index contributed by atoms with van der Waals surface area (Å²) in [7, 11) is 4.96. The average Bonchev–Trinajstić information content (AvgIpc) is 2.81. The van der Waals surface area contributed by atoms with Crippen LogP contribution in [0.5, 0.6) is 0 Å². The number of H-pyrrole nitrogens is 1. The molecule has 0 saturated carbocycles. The predicted molar refractivity (Wildman–Crippen MR) is 74.0 cm³/mol. The molecule has 0 aliphatic heterocycles. The summed E-state index contributed by atoms with van der Waals surface area (Å²) in [6, 6.07) is 9.48. The number of fused-ring (bicyclic) bond motifs is 1. The van der Waals surface area contributed by atoms with Crippen molar-refractivity contribution < 1.29 is 9.59 Å². The molecule has 0 unspecified atom stereocenters. The highest BCUT2D eigenvalue weighted by molar-refractivity contribution is 5.99. The van der Waals surface area contributed by atoms with Gasteiger partial charge in [0.2, 0.25) is 5.91 Å². The summed E-state index contributed by atoms with van der Waals surface area (Å²) in [5, 5.41) is 0.984. The first-order chi connectivity index (χ1) is 8.99. The van der Waals surface area contributed by atoms with Crippen LogP contribution in [0, 0.1) is 0 Å². The van der Waals surface area contributed by atoms with Gasteiger partial charge in [0.1, 0.15) is 5.69 Å². The average molecular weight is 259 g/mol. The molecule has 0 saturated heterocycles. The highest BCUT2D eigenvalue weighted by Crippen LogP contribution is 2.15. The molecular weight excluding hydrogens is 242 g/mol. The van der Waals surface area contributed by atoms with Gasteiger partial charge in [-0.05, 0) is 12.1 Å². The number of hydrogen-bond donors (Lipinski definition) is 1. The summed E-state index contributed by atoms with van der Waals surface area (Å²) in [4.78, 5) is 29.7. The molecule has 0 atom stereocenters. The molecule has 0 radical (unpaired) electrons. The number of para-hydroxylation sites is 1. The third-order valence-corrected chi connectivity index (χ3v) is 2.98. The van der Waals surface area contributed by atoms with Crippen LogP contribution in [0.1, 0.15) is 10.5 Å². The second kappa shape index (κ2) is 5.14. The molecule has 100 valence electrons. The fraction of sp³-hybridized carbons (Fsp3) is 0.286. The van der Waals surface area contributed by atoms with Crippen LogP contribution in [0.4, 0.5) is 0 Å². The van der Waals surface area contributed by atoms with Gasteiger partial charge in [-0.2, -0.15) is 0 Å². The fourth-order valence-electron chi connectivity index (χ4n) is 1.81. The first-order valence-electron chi connectivity index (χ1n) is 6.02. The lowest BCUT2D eigenvalue weighted by Gasteiger charge is -2.18. The van der Waals surface area contributed by atoms with Gasteiger partial charge < -0.3 is 14.8 Å². The largest absolute Gasteiger partial charge is 0.351 e. The third kappa shape index (κ3) is 2.76. The number of rotatable bonds is 3. The van der Waals surface area contributed by atoms with E-state index in [1.807, 2.05) is 24.3 Å². The van der Waals surface area contributed by atoms with Crippen molar-refractivity contribution in [3.05, 3.63) is 36.0 Å². The smallest absolute Gasteiger partial charge is 0.270 e. The molecule has 2 aromatic rings. The number of nitrogens with zero attached hydrogens (tertiary/aromatic N) is 2. The Hall–Kier alpha value is -2.30. The number of hydrogen-bond acceptors (Lipinski definition) is 2. The molecule has 2 amide bonds. The number of amides is 2. The first-order valence-corrected chi connectivity index (χ1v) is 6.02. The molecule has 5 nitrogen and oxygen atoms in total. The molecule has 0 aliphatic carbocycles. The molecule has 1 aromatic heterocycles. The Balaban J connectivity index is 2.17. The van der Waals surface area contributed by atoms with E-state index >= 15 is 0 Å². The van der Waals surface area contributed by atoms with E-state index in [1.54, 1.807) is 27.2 Å². The number of benzene rings is 1. The zero-order valence-corrected chi connectivity index (χ0v) is 11.3. The molecule has 1 N–H and O–H groups in total. The molecular formula is C14H17N3O2. The minimum atomic E-state index is -0.189. The van der Waals surface area contributed by atoms with Crippen molar-refractivity contribution in [2.24, 2.45) is 0 Å². The second-order valence-corrected chi connectivity index (χ2v) is 4.72. The van der Waals surface area contributed by atoms with Gasteiger partial charge in [0, 0.05) is 32.0 Å². The van der Waals surface area contributed by atoms with E-state index in [-0.39, 0.29) is 18.4 Å². The topological polar surface area (TPSA) is 56.4 Å². The lowest BCUT2D eigenvalue weighted by molar-refractivity contribution is -0.129. The third-order valence-electron chi connectivity index (χ3n) is 2.98. The highest BCUT2D eigenvalue weighted by atomic mass is 16.2. The molecule has 0 fully saturated rings. The first kappa shape index (κ1) is 13.1. The van der Waals surface area contributed by atoms with Crippen molar-refractivity contribution in [1.29, 1.82) is 0 Å². The van der Waals surface area contributed by atoms with Crippen LogP contribution in [0.3, 0.4) is 0 Å². The van der Waals surface area contributed by atoms with E-state index in [4.69, 9.17) is 0 Å². The summed E-state index contributed by atoms with van der Waals surface area (Å²) in [6.07, 6.45) is 0. The van der Waals surface area contributed by atoms with Crippen molar-refractivity contribution >= 4 is 22.7 Å². The molecule has 0 spiro atoms. The van der Waals surface area contributed by atoms with E-state index in [9.17, 15) is 9.59 Å². The van der Waals surface area contributed by atoms with Crippen LogP contribution in [0.25, 0.3) is 10.9 Å².